The third-order valence-electron chi connectivity index (χ3n) is 5.36. The highest BCUT2D eigenvalue weighted by Crippen LogP contribution is 2.30. The number of hydrogen-bond donors (Lipinski definition) is 0. The molecule has 0 amide bonds. The van der Waals surface area contributed by atoms with E-state index in [0.29, 0.717) is 24.0 Å². The molecule has 26 heavy (non-hydrogen) atoms. The van der Waals surface area contributed by atoms with Crippen molar-refractivity contribution in [3.05, 3.63) is 41.5 Å². The number of anilines is 1. The minimum absolute atomic E-state index is 0.447. The summed E-state index contributed by atoms with van der Waals surface area (Å²) in [4.78, 5) is 15.7. The van der Waals surface area contributed by atoms with Crippen LogP contribution in [-0.2, 0) is 12.8 Å². The fraction of sp³-hybridized carbons (Fsp3) is 0.500. The fourth-order valence-corrected chi connectivity index (χ4v) is 3.88. The van der Waals surface area contributed by atoms with Crippen LogP contribution in [0.1, 0.15) is 42.5 Å². The zero-order valence-corrected chi connectivity index (χ0v) is 14.9. The topological polar surface area (TPSA) is 74.9 Å². The highest BCUT2D eigenvalue weighted by atomic mass is 16.5. The van der Waals surface area contributed by atoms with E-state index in [9.17, 15) is 0 Å². The molecule has 6 heteroatoms. The molecule has 0 radical (unpaired) electrons. The summed E-state index contributed by atoms with van der Waals surface area (Å²) < 4.78 is 5.82. The summed E-state index contributed by atoms with van der Waals surface area (Å²) in [5.74, 6) is 2.07. The van der Waals surface area contributed by atoms with Crippen LogP contribution in [0.15, 0.2) is 24.7 Å². The number of aromatic nitrogens is 3. The Morgan fingerprint density at radius 2 is 2.00 bits per heavy atom. The Morgan fingerprint density at radius 1 is 1.15 bits per heavy atom. The van der Waals surface area contributed by atoms with Gasteiger partial charge in [-0.2, -0.15) is 5.26 Å². The highest BCUT2D eigenvalue weighted by molar-refractivity contribution is 5.49. The molecule has 2 aliphatic rings. The van der Waals surface area contributed by atoms with Crippen LogP contribution in [0.3, 0.4) is 0 Å². The Labute approximate surface area is 153 Å². The zero-order chi connectivity index (χ0) is 17.8. The third kappa shape index (κ3) is 3.48. The second kappa shape index (κ2) is 7.69. The molecular formula is C20H23N5O. The molecule has 1 aliphatic heterocycles. The van der Waals surface area contributed by atoms with E-state index in [1.807, 2.05) is 0 Å². The average molecular weight is 349 g/mol. The SMILES string of the molecule is N#Cc1cccnc1OCC1CCN(c2ncnc3c2CCCC3)CC1. The Hall–Kier alpha value is -2.68. The first-order valence-electron chi connectivity index (χ1n) is 9.41. The van der Waals surface area contributed by atoms with Crippen LogP contribution < -0.4 is 9.64 Å². The van der Waals surface area contributed by atoms with E-state index in [2.05, 4.69) is 25.9 Å². The molecule has 1 saturated heterocycles. The van der Waals surface area contributed by atoms with Crippen LogP contribution in [0.25, 0.3) is 0 Å². The zero-order valence-electron chi connectivity index (χ0n) is 14.9. The Bertz CT molecular complexity index is 808. The lowest BCUT2D eigenvalue weighted by Gasteiger charge is -2.34. The number of piperidine rings is 1. The standard InChI is InChI=1S/C20H23N5O/c21-12-16-4-3-9-22-20(16)26-13-15-7-10-25(11-8-15)19-17-5-1-2-6-18(17)23-14-24-19/h3-4,9,14-15H,1-2,5-8,10-11,13H2. The lowest BCUT2D eigenvalue weighted by Crippen LogP contribution is -2.37. The lowest BCUT2D eigenvalue weighted by atomic mass is 9.94. The van der Waals surface area contributed by atoms with E-state index in [-0.39, 0.29) is 0 Å². The number of nitrogens with zero attached hydrogens (tertiary/aromatic N) is 5. The van der Waals surface area contributed by atoms with Gasteiger partial charge in [0.1, 0.15) is 23.8 Å². The first-order valence-corrected chi connectivity index (χ1v) is 9.41. The first-order chi connectivity index (χ1) is 12.8. The number of hydrogen-bond acceptors (Lipinski definition) is 6. The van der Waals surface area contributed by atoms with E-state index in [4.69, 9.17) is 10.00 Å². The molecule has 0 saturated carbocycles. The molecule has 2 aromatic heterocycles. The second-order valence-corrected chi connectivity index (χ2v) is 7.04. The smallest absolute Gasteiger partial charge is 0.231 e. The van der Waals surface area contributed by atoms with Gasteiger partial charge in [0.2, 0.25) is 5.88 Å². The van der Waals surface area contributed by atoms with E-state index >= 15 is 0 Å². The summed E-state index contributed by atoms with van der Waals surface area (Å²) >= 11 is 0. The predicted molar refractivity (Wildman–Crippen MR) is 98.1 cm³/mol. The molecule has 4 rings (SSSR count). The lowest BCUT2D eigenvalue weighted by molar-refractivity contribution is 0.215. The molecule has 1 aliphatic carbocycles. The van der Waals surface area contributed by atoms with Gasteiger partial charge in [-0.1, -0.05) is 0 Å². The van der Waals surface area contributed by atoms with Crippen LogP contribution in [-0.4, -0.2) is 34.6 Å². The van der Waals surface area contributed by atoms with Gasteiger partial charge in [0.25, 0.3) is 0 Å². The van der Waals surface area contributed by atoms with Crippen LogP contribution in [0.2, 0.25) is 0 Å². The molecule has 0 spiro atoms. The molecule has 0 aromatic carbocycles. The van der Waals surface area contributed by atoms with Gasteiger partial charge in [-0.3, -0.25) is 0 Å². The monoisotopic (exact) mass is 349 g/mol. The largest absolute Gasteiger partial charge is 0.476 e. The number of nitriles is 1. The van der Waals surface area contributed by atoms with Crippen molar-refractivity contribution < 1.29 is 4.74 Å². The second-order valence-electron chi connectivity index (χ2n) is 7.04. The molecule has 0 bridgehead atoms. The number of ether oxygens (including phenoxy) is 1. The minimum Gasteiger partial charge on any atom is -0.476 e. The number of rotatable bonds is 4. The minimum atomic E-state index is 0.447. The number of aryl methyl sites for hydroxylation is 1. The van der Waals surface area contributed by atoms with Crippen molar-refractivity contribution in [2.45, 2.75) is 38.5 Å². The van der Waals surface area contributed by atoms with Crippen molar-refractivity contribution in [3.63, 3.8) is 0 Å². The van der Waals surface area contributed by atoms with Gasteiger partial charge in [0, 0.05) is 30.5 Å². The van der Waals surface area contributed by atoms with Crippen molar-refractivity contribution in [2.24, 2.45) is 5.92 Å². The van der Waals surface area contributed by atoms with Gasteiger partial charge in [0.05, 0.1) is 6.61 Å². The Kier molecular flexibility index (Phi) is 4.96. The van der Waals surface area contributed by atoms with E-state index in [0.717, 1.165) is 44.6 Å². The molecule has 6 nitrogen and oxygen atoms in total. The van der Waals surface area contributed by atoms with Crippen LogP contribution >= 0.6 is 0 Å². The maximum atomic E-state index is 9.12. The first kappa shape index (κ1) is 16.8. The predicted octanol–water partition coefficient (Wildman–Crippen LogP) is 2.92. The van der Waals surface area contributed by atoms with Crippen molar-refractivity contribution in [3.8, 4) is 11.9 Å². The van der Waals surface area contributed by atoms with Crippen molar-refractivity contribution in [2.75, 3.05) is 24.6 Å². The number of fused-ring (bicyclic) bond motifs is 1. The van der Waals surface area contributed by atoms with Crippen LogP contribution in [0, 0.1) is 17.2 Å². The molecule has 0 N–H and O–H groups in total. The summed E-state index contributed by atoms with van der Waals surface area (Å²) in [6.45, 7) is 2.59. The van der Waals surface area contributed by atoms with E-state index in [1.54, 1.807) is 24.7 Å². The fourth-order valence-electron chi connectivity index (χ4n) is 3.88. The van der Waals surface area contributed by atoms with E-state index < -0.39 is 0 Å². The molecule has 3 heterocycles. The summed E-state index contributed by atoms with van der Waals surface area (Å²) in [7, 11) is 0. The Morgan fingerprint density at radius 3 is 2.85 bits per heavy atom. The van der Waals surface area contributed by atoms with Gasteiger partial charge >= 0.3 is 0 Å². The van der Waals surface area contributed by atoms with Crippen molar-refractivity contribution >= 4 is 5.82 Å². The number of pyridine rings is 1. The quantitative estimate of drug-likeness (QED) is 0.845. The van der Waals surface area contributed by atoms with E-state index in [1.165, 1.54) is 24.1 Å². The molecule has 0 atom stereocenters. The normalized spacial score (nSPS) is 17.4. The molecule has 1 fully saturated rings. The maximum absolute atomic E-state index is 9.12. The van der Waals surface area contributed by atoms with Gasteiger partial charge in [-0.15, -0.1) is 0 Å². The summed E-state index contributed by atoms with van der Waals surface area (Å²) in [5, 5.41) is 9.12. The summed E-state index contributed by atoms with van der Waals surface area (Å²) in [5.41, 5.74) is 3.10. The van der Waals surface area contributed by atoms with Gasteiger partial charge < -0.3 is 9.64 Å². The molecule has 134 valence electrons. The van der Waals surface area contributed by atoms with Gasteiger partial charge in [-0.25, -0.2) is 15.0 Å². The highest BCUT2D eigenvalue weighted by Gasteiger charge is 2.25. The van der Waals surface area contributed by atoms with Gasteiger partial charge in [0.15, 0.2) is 0 Å². The third-order valence-corrected chi connectivity index (χ3v) is 5.36. The molecule has 2 aromatic rings. The van der Waals surface area contributed by atoms with Crippen molar-refractivity contribution in [1.29, 1.82) is 5.26 Å². The van der Waals surface area contributed by atoms with Crippen LogP contribution in [0.5, 0.6) is 5.88 Å². The summed E-state index contributed by atoms with van der Waals surface area (Å²) in [6, 6.07) is 5.63. The molecule has 0 unspecified atom stereocenters. The van der Waals surface area contributed by atoms with Gasteiger partial charge in [-0.05, 0) is 56.6 Å². The molecular weight excluding hydrogens is 326 g/mol. The Balaban J connectivity index is 1.36. The van der Waals surface area contributed by atoms with Crippen LogP contribution in [0.4, 0.5) is 5.82 Å². The average Bonchev–Trinajstić information content (AvgIpc) is 2.72. The summed E-state index contributed by atoms with van der Waals surface area (Å²) in [6.07, 6.45) is 10.2. The van der Waals surface area contributed by atoms with Crippen molar-refractivity contribution in [1.82, 2.24) is 15.0 Å². The maximum Gasteiger partial charge on any atom is 0.231 e.